The van der Waals surface area contributed by atoms with Crippen LogP contribution in [0.15, 0.2) is 91.4 Å². The number of hydrogen-bond acceptors (Lipinski definition) is 3. The molecule has 0 aliphatic heterocycles. The van der Waals surface area contributed by atoms with Crippen LogP contribution in [0, 0.1) is 11.3 Å². The Morgan fingerprint density at radius 2 is 1.72 bits per heavy atom. The van der Waals surface area contributed by atoms with Gasteiger partial charge in [0.1, 0.15) is 6.10 Å². The van der Waals surface area contributed by atoms with E-state index in [1.165, 1.54) is 0 Å². The summed E-state index contributed by atoms with van der Waals surface area (Å²) in [4.78, 5) is 4.27. The number of aromatic nitrogens is 2. The number of ether oxygens (including phenoxy) is 1. The number of nitriles is 1. The van der Waals surface area contributed by atoms with Crippen molar-refractivity contribution in [3.63, 3.8) is 0 Å². The maximum Gasteiger partial charge on any atom is 0.124 e. The van der Waals surface area contributed by atoms with Crippen LogP contribution in [0.4, 0.5) is 0 Å². The van der Waals surface area contributed by atoms with Gasteiger partial charge in [0.15, 0.2) is 0 Å². The SMILES string of the molecule is Cn1cncc1C(OCc1ccccc1)c1ccc(C#N)c(-c2ccccc2)c1. The van der Waals surface area contributed by atoms with Gasteiger partial charge in [-0.1, -0.05) is 66.7 Å². The standard InChI is InChI=1S/C25H21N3O/c1-28-18-27-16-24(28)25(29-17-19-8-4-2-5-9-19)21-12-13-22(15-26)23(14-21)20-10-6-3-7-11-20/h2-14,16,18,25H,17H2,1H3. The van der Waals surface area contributed by atoms with Crippen molar-refractivity contribution in [2.24, 2.45) is 7.05 Å². The molecular weight excluding hydrogens is 358 g/mol. The summed E-state index contributed by atoms with van der Waals surface area (Å²) < 4.78 is 8.33. The van der Waals surface area contributed by atoms with Crippen molar-refractivity contribution < 1.29 is 4.74 Å². The minimum atomic E-state index is -0.294. The molecule has 4 rings (SSSR count). The van der Waals surface area contributed by atoms with Crippen molar-refractivity contribution in [2.45, 2.75) is 12.7 Å². The zero-order valence-corrected chi connectivity index (χ0v) is 16.2. The molecule has 1 heterocycles. The van der Waals surface area contributed by atoms with Crippen molar-refractivity contribution in [1.29, 1.82) is 5.26 Å². The smallest absolute Gasteiger partial charge is 0.124 e. The number of rotatable bonds is 6. The summed E-state index contributed by atoms with van der Waals surface area (Å²) in [6.07, 6.45) is 3.31. The van der Waals surface area contributed by atoms with Crippen molar-refractivity contribution in [3.05, 3.63) is 114 Å². The van der Waals surface area contributed by atoms with Gasteiger partial charge in [0, 0.05) is 7.05 Å². The molecule has 0 fully saturated rings. The number of aryl methyl sites for hydroxylation is 1. The minimum Gasteiger partial charge on any atom is -0.363 e. The van der Waals surface area contributed by atoms with Crippen LogP contribution in [0.3, 0.4) is 0 Å². The molecule has 0 saturated heterocycles. The fraction of sp³-hybridized carbons (Fsp3) is 0.120. The molecule has 142 valence electrons. The Bertz CT molecular complexity index is 1130. The summed E-state index contributed by atoms with van der Waals surface area (Å²) in [7, 11) is 1.96. The van der Waals surface area contributed by atoms with E-state index in [0.29, 0.717) is 12.2 Å². The fourth-order valence-corrected chi connectivity index (χ4v) is 3.41. The summed E-state index contributed by atoms with van der Waals surface area (Å²) in [5, 5.41) is 9.59. The van der Waals surface area contributed by atoms with Crippen LogP contribution in [-0.2, 0) is 18.4 Å². The molecule has 0 radical (unpaired) electrons. The predicted octanol–water partition coefficient (Wildman–Crippen LogP) is 5.26. The summed E-state index contributed by atoms with van der Waals surface area (Å²) in [6, 6.07) is 28.3. The van der Waals surface area contributed by atoms with Crippen LogP contribution in [0.2, 0.25) is 0 Å². The van der Waals surface area contributed by atoms with Gasteiger partial charge in [-0.3, -0.25) is 0 Å². The monoisotopic (exact) mass is 379 g/mol. The number of nitrogens with zero attached hydrogens (tertiary/aromatic N) is 3. The molecule has 0 N–H and O–H groups in total. The van der Waals surface area contributed by atoms with Gasteiger partial charge in [0.05, 0.1) is 36.5 Å². The van der Waals surface area contributed by atoms with E-state index in [9.17, 15) is 5.26 Å². The Balaban J connectivity index is 1.74. The van der Waals surface area contributed by atoms with Gasteiger partial charge in [-0.2, -0.15) is 5.26 Å². The third-order valence-corrected chi connectivity index (χ3v) is 4.93. The zero-order chi connectivity index (χ0) is 20.1. The van der Waals surface area contributed by atoms with E-state index in [1.54, 1.807) is 6.33 Å². The van der Waals surface area contributed by atoms with Gasteiger partial charge in [-0.15, -0.1) is 0 Å². The molecule has 0 amide bonds. The highest BCUT2D eigenvalue weighted by molar-refractivity contribution is 5.71. The average Bonchev–Trinajstić information content (AvgIpc) is 3.21. The van der Waals surface area contributed by atoms with Gasteiger partial charge < -0.3 is 9.30 Å². The molecular formula is C25H21N3O. The lowest BCUT2D eigenvalue weighted by Crippen LogP contribution is -2.11. The molecule has 3 aromatic carbocycles. The molecule has 0 aliphatic rings. The highest BCUT2D eigenvalue weighted by Crippen LogP contribution is 2.32. The first kappa shape index (κ1) is 18.7. The number of hydrogen-bond donors (Lipinski definition) is 0. The van der Waals surface area contributed by atoms with Gasteiger partial charge in [0.25, 0.3) is 0 Å². The van der Waals surface area contributed by atoms with Gasteiger partial charge in [-0.25, -0.2) is 4.98 Å². The van der Waals surface area contributed by atoms with Gasteiger partial charge in [0.2, 0.25) is 0 Å². The van der Waals surface area contributed by atoms with Crippen molar-refractivity contribution in [1.82, 2.24) is 9.55 Å². The molecule has 0 spiro atoms. The van der Waals surface area contributed by atoms with E-state index in [0.717, 1.165) is 27.9 Å². The maximum absolute atomic E-state index is 9.59. The summed E-state index contributed by atoms with van der Waals surface area (Å²) in [5.74, 6) is 0. The Labute approximate surface area is 170 Å². The molecule has 4 aromatic rings. The summed E-state index contributed by atoms with van der Waals surface area (Å²) >= 11 is 0. The molecule has 1 aromatic heterocycles. The highest BCUT2D eigenvalue weighted by atomic mass is 16.5. The Morgan fingerprint density at radius 3 is 2.38 bits per heavy atom. The lowest BCUT2D eigenvalue weighted by atomic mass is 9.95. The normalized spacial score (nSPS) is 11.7. The molecule has 4 nitrogen and oxygen atoms in total. The van der Waals surface area contributed by atoms with Crippen LogP contribution in [0.5, 0.6) is 0 Å². The second-order valence-corrected chi connectivity index (χ2v) is 6.89. The lowest BCUT2D eigenvalue weighted by molar-refractivity contribution is 0.0622. The fourth-order valence-electron chi connectivity index (χ4n) is 3.41. The lowest BCUT2D eigenvalue weighted by Gasteiger charge is -2.20. The predicted molar refractivity (Wildman–Crippen MR) is 113 cm³/mol. The maximum atomic E-state index is 9.59. The van der Waals surface area contributed by atoms with Crippen LogP contribution in [-0.4, -0.2) is 9.55 Å². The molecule has 29 heavy (non-hydrogen) atoms. The summed E-state index contributed by atoms with van der Waals surface area (Å²) in [6.45, 7) is 0.483. The topological polar surface area (TPSA) is 50.8 Å². The van der Waals surface area contributed by atoms with E-state index in [4.69, 9.17) is 4.74 Å². The van der Waals surface area contributed by atoms with Gasteiger partial charge >= 0.3 is 0 Å². The van der Waals surface area contributed by atoms with Crippen LogP contribution in [0.25, 0.3) is 11.1 Å². The Morgan fingerprint density at radius 1 is 1.00 bits per heavy atom. The van der Waals surface area contributed by atoms with Crippen LogP contribution >= 0.6 is 0 Å². The van der Waals surface area contributed by atoms with Crippen LogP contribution < -0.4 is 0 Å². The van der Waals surface area contributed by atoms with E-state index >= 15 is 0 Å². The number of imidazole rings is 1. The second kappa shape index (κ2) is 8.55. The third-order valence-electron chi connectivity index (χ3n) is 4.93. The Kier molecular flexibility index (Phi) is 5.51. The molecule has 4 heteroatoms. The van der Waals surface area contributed by atoms with Crippen LogP contribution in [0.1, 0.15) is 28.5 Å². The second-order valence-electron chi connectivity index (χ2n) is 6.89. The first-order chi connectivity index (χ1) is 14.3. The first-order valence-electron chi connectivity index (χ1n) is 9.47. The molecule has 1 unspecified atom stereocenters. The number of benzene rings is 3. The van der Waals surface area contributed by atoms with E-state index in [1.807, 2.05) is 78.5 Å². The van der Waals surface area contributed by atoms with Gasteiger partial charge in [-0.05, 0) is 34.4 Å². The highest BCUT2D eigenvalue weighted by Gasteiger charge is 2.20. The Hall–Kier alpha value is -3.68. The quantitative estimate of drug-likeness (QED) is 0.459. The van der Waals surface area contributed by atoms with E-state index in [2.05, 4.69) is 29.3 Å². The summed E-state index contributed by atoms with van der Waals surface area (Å²) in [5.41, 5.74) is 5.62. The molecule has 1 atom stereocenters. The third kappa shape index (κ3) is 4.11. The molecule has 0 aliphatic carbocycles. The van der Waals surface area contributed by atoms with E-state index in [-0.39, 0.29) is 6.10 Å². The average molecular weight is 379 g/mol. The first-order valence-corrected chi connectivity index (χ1v) is 9.47. The van der Waals surface area contributed by atoms with Crippen molar-refractivity contribution in [2.75, 3.05) is 0 Å². The molecule has 0 saturated carbocycles. The van der Waals surface area contributed by atoms with Crippen molar-refractivity contribution in [3.8, 4) is 17.2 Å². The van der Waals surface area contributed by atoms with Crippen molar-refractivity contribution >= 4 is 0 Å². The minimum absolute atomic E-state index is 0.294. The largest absolute Gasteiger partial charge is 0.363 e. The zero-order valence-electron chi connectivity index (χ0n) is 16.2. The molecule has 0 bridgehead atoms. The van der Waals surface area contributed by atoms with E-state index < -0.39 is 0 Å².